The summed E-state index contributed by atoms with van der Waals surface area (Å²) in [6.07, 6.45) is -0.418. The van der Waals surface area contributed by atoms with Crippen molar-refractivity contribution in [2.24, 2.45) is 16.5 Å². The Morgan fingerprint density at radius 3 is 2.38 bits per heavy atom. The Balaban J connectivity index is 4.71. The molecule has 7 N–H and O–H groups in total. The number of aliphatic imine (C=N–C) groups is 1. The second kappa shape index (κ2) is 10.7. The zero-order chi connectivity index (χ0) is 20.3. The number of guanidine groups is 1. The van der Waals surface area contributed by atoms with Crippen LogP contribution < -0.4 is 27.5 Å². The molecular formula is C13H25N7O6. The summed E-state index contributed by atoms with van der Waals surface area (Å²) in [6.45, 7) is 4.67. The van der Waals surface area contributed by atoms with Crippen molar-refractivity contribution in [3.63, 3.8) is 0 Å². The Hall–Kier alpha value is -3.12. The first-order chi connectivity index (χ1) is 11.9. The van der Waals surface area contributed by atoms with Gasteiger partial charge < -0.3 is 26.8 Å². The highest BCUT2D eigenvalue weighted by atomic mass is 16.7. The Kier molecular flexibility index (Phi) is 9.40. The number of hydrazine groups is 1. The minimum atomic E-state index is -1.01. The van der Waals surface area contributed by atoms with Crippen LogP contribution in [0.3, 0.4) is 0 Å². The number of nitrogens with one attached hydrogen (secondary N) is 3. The maximum absolute atomic E-state index is 12.1. The van der Waals surface area contributed by atoms with Crippen LogP contribution in [0.4, 0.5) is 4.79 Å². The molecule has 0 fully saturated rings. The molecule has 0 aliphatic carbocycles. The van der Waals surface area contributed by atoms with Gasteiger partial charge in [-0.25, -0.2) is 19.9 Å². The van der Waals surface area contributed by atoms with Crippen molar-refractivity contribution < 1.29 is 24.2 Å². The van der Waals surface area contributed by atoms with Crippen LogP contribution in [0.15, 0.2) is 4.99 Å². The monoisotopic (exact) mass is 375 g/mol. The van der Waals surface area contributed by atoms with Gasteiger partial charge in [-0.05, 0) is 33.6 Å². The van der Waals surface area contributed by atoms with Crippen LogP contribution in [0, 0.1) is 10.1 Å². The molecule has 0 saturated heterocycles. The zero-order valence-electron chi connectivity index (χ0n) is 14.9. The fourth-order valence-electron chi connectivity index (χ4n) is 1.64. The van der Waals surface area contributed by atoms with Gasteiger partial charge in [0.2, 0.25) is 11.8 Å². The third-order valence-electron chi connectivity index (χ3n) is 2.58. The molecule has 0 aliphatic heterocycles. The third-order valence-corrected chi connectivity index (χ3v) is 2.58. The lowest BCUT2D eigenvalue weighted by Gasteiger charge is -2.23. The lowest BCUT2D eigenvalue weighted by Crippen LogP contribution is -2.49. The fourth-order valence-corrected chi connectivity index (χ4v) is 1.64. The first-order valence-corrected chi connectivity index (χ1v) is 7.67. The largest absolute Gasteiger partial charge is 0.444 e. The number of hydrogen-bond acceptors (Lipinski definition) is 7. The smallest absolute Gasteiger partial charge is 0.408 e. The van der Waals surface area contributed by atoms with Crippen LogP contribution in [0.25, 0.3) is 0 Å². The molecule has 0 bridgehead atoms. The Labute approximate surface area is 150 Å². The molecule has 0 aromatic rings. The Morgan fingerprint density at radius 2 is 1.88 bits per heavy atom. The Bertz CT molecular complexity index is 558. The summed E-state index contributed by atoms with van der Waals surface area (Å²) < 4.78 is 5.08. The van der Waals surface area contributed by atoms with Crippen LogP contribution in [0.5, 0.6) is 0 Å². The molecule has 3 amide bonds. The molecule has 0 radical (unpaired) electrons. The highest BCUT2D eigenvalue weighted by Gasteiger charge is 2.24. The molecule has 0 aliphatic rings. The minimum absolute atomic E-state index is 0.0717. The van der Waals surface area contributed by atoms with Crippen molar-refractivity contribution in [2.75, 3.05) is 13.1 Å². The lowest BCUT2D eigenvalue weighted by molar-refractivity contribution is -0.525. The van der Waals surface area contributed by atoms with E-state index in [9.17, 15) is 24.5 Å². The quantitative estimate of drug-likeness (QED) is 0.104. The standard InChI is InChI=1S/C13H25N7O6/c1-13(2,3)26-12(23)18-8(10(22)17-7-9(14)21)5-4-6-16-11(15)19-20(24)25/h8H,4-7H2,1-3H3,(H2,14,21)(H,17,22)(H,18,23)(H3,15,16,19). The minimum Gasteiger partial charge on any atom is -0.444 e. The molecule has 26 heavy (non-hydrogen) atoms. The van der Waals surface area contributed by atoms with Crippen molar-refractivity contribution in [1.82, 2.24) is 16.1 Å². The number of nitrogens with zero attached hydrogens (tertiary/aromatic N) is 2. The molecule has 0 spiro atoms. The van der Waals surface area contributed by atoms with Crippen molar-refractivity contribution in [1.29, 1.82) is 0 Å². The summed E-state index contributed by atoms with van der Waals surface area (Å²) in [5, 5.41) is 14.0. The summed E-state index contributed by atoms with van der Waals surface area (Å²) >= 11 is 0. The van der Waals surface area contributed by atoms with Crippen LogP contribution in [0.1, 0.15) is 33.6 Å². The van der Waals surface area contributed by atoms with E-state index < -0.39 is 34.6 Å². The number of nitrogens with two attached hydrogens (primary N) is 2. The second-order valence-electron chi connectivity index (χ2n) is 6.16. The summed E-state index contributed by atoms with van der Waals surface area (Å²) in [5.74, 6) is -1.75. The van der Waals surface area contributed by atoms with E-state index in [4.69, 9.17) is 16.2 Å². The van der Waals surface area contributed by atoms with Gasteiger partial charge in [0, 0.05) is 6.54 Å². The number of primary amides is 1. The summed E-state index contributed by atoms with van der Waals surface area (Å²) in [4.78, 5) is 48.6. The van der Waals surface area contributed by atoms with Gasteiger partial charge in [0.15, 0.2) is 5.03 Å². The summed E-state index contributed by atoms with van der Waals surface area (Å²) in [5.41, 5.74) is 11.1. The molecule has 13 nitrogen and oxygen atoms in total. The van der Waals surface area contributed by atoms with Gasteiger partial charge in [0.05, 0.1) is 6.54 Å². The van der Waals surface area contributed by atoms with Crippen LogP contribution in [-0.2, 0) is 14.3 Å². The van der Waals surface area contributed by atoms with E-state index in [1.165, 1.54) is 0 Å². The van der Waals surface area contributed by atoms with Crippen LogP contribution in [0.2, 0.25) is 0 Å². The van der Waals surface area contributed by atoms with E-state index >= 15 is 0 Å². The van der Waals surface area contributed by atoms with Gasteiger partial charge in [-0.15, -0.1) is 0 Å². The normalized spacial score (nSPS) is 12.7. The van der Waals surface area contributed by atoms with Gasteiger partial charge in [0.1, 0.15) is 11.6 Å². The summed E-state index contributed by atoms with van der Waals surface area (Å²) in [7, 11) is 0. The third kappa shape index (κ3) is 12.3. The number of nitro groups is 1. The highest BCUT2D eigenvalue weighted by Crippen LogP contribution is 2.08. The number of alkyl carbamates (subject to hydrolysis) is 1. The average Bonchev–Trinajstić information content (AvgIpc) is 2.45. The molecule has 0 aromatic heterocycles. The maximum atomic E-state index is 12.1. The van der Waals surface area contributed by atoms with E-state index in [0.717, 1.165) is 0 Å². The molecule has 1 atom stereocenters. The summed E-state index contributed by atoms with van der Waals surface area (Å²) in [6, 6.07) is -1.01. The molecule has 0 aromatic carbocycles. The van der Waals surface area contributed by atoms with Gasteiger partial charge in [-0.3, -0.25) is 9.59 Å². The molecule has 0 heterocycles. The van der Waals surface area contributed by atoms with Crippen molar-refractivity contribution in [3.8, 4) is 0 Å². The molecule has 0 saturated carbocycles. The number of carbonyl (C=O) groups excluding carboxylic acids is 3. The van der Waals surface area contributed by atoms with E-state index in [1.54, 1.807) is 26.2 Å². The van der Waals surface area contributed by atoms with Crippen molar-refractivity contribution >= 4 is 23.9 Å². The van der Waals surface area contributed by atoms with E-state index in [1.807, 2.05) is 0 Å². The highest BCUT2D eigenvalue weighted by molar-refractivity contribution is 5.89. The van der Waals surface area contributed by atoms with Crippen LogP contribution >= 0.6 is 0 Å². The number of rotatable bonds is 9. The van der Waals surface area contributed by atoms with Gasteiger partial charge in [0.25, 0.3) is 5.96 Å². The van der Waals surface area contributed by atoms with E-state index in [0.29, 0.717) is 0 Å². The molecule has 0 rings (SSSR count). The molecule has 13 heteroatoms. The Morgan fingerprint density at radius 1 is 1.27 bits per heavy atom. The molecular weight excluding hydrogens is 350 g/mol. The maximum Gasteiger partial charge on any atom is 0.408 e. The predicted octanol–water partition coefficient (Wildman–Crippen LogP) is -1.64. The second-order valence-corrected chi connectivity index (χ2v) is 6.16. The van der Waals surface area contributed by atoms with E-state index in [2.05, 4.69) is 15.6 Å². The topological polar surface area (TPSA) is 204 Å². The number of ether oxygens (including phenoxy) is 1. The lowest BCUT2D eigenvalue weighted by atomic mass is 10.1. The van der Waals surface area contributed by atoms with E-state index in [-0.39, 0.29) is 31.9 Å². The zero-order valence-corrected chi connectivity index (χ0v) is 14.9. The van der Waals surface area contributed by atoms with Gasteiger partial charge >= 0.3 is 6.09 Å². The molecule has 1 unspecified atom stereocenters. The first-order valence-electron chi connectivity index (χ1n) is 7.67. The van der Waals surface area contributed by atoms with Crippen molar-refractivity contribution in [2.45, 2.75) is 45.3 Å². The molecule has 148 valence electrons. The number of amides is 3. The SMILES string of the molecule is CC(C)(C)OC(=O)NC(CCCN=C(N)N[N+](=O)[O-])C(=O)NCC(N)=O. The number of hydrogen-bond donors (Lipinski definition) is 5. The van der Waals surface area contributed by atoms with Crippen LogP contribution in [-0.4, -0.2) is 53.6 Å². The number of carbonyl (C=O) groups is 3. The average molecular weight is 375 g/mol. The van der Waals surface area contributed by atoms with Crippen molar-refractivity contribution in [3.05, 3.63) is 10.1 Å². The first kappa shape index (κ1) is 22.9. The fraction of sp³-hybridized carbons (Fsp3) is 0.692. The predicted molar refractivity (Wildman–Crippen MR) is 91.2 cm³/mol. The van der Waals surface area contributed by atoms with Gasteiger partial charge in [-0.2, -0.15) is 0 Å². The van der Waals surface area contributed by atoms with Gasteiger partial charge in [-0.1, -0.05) is 5.43 Å².